The number of nitrogens with two attached hydrogens (primary N) is 1. The number of urea groups is 1. The lowest BCUT2D eigenvalue weighted by atomic mass is 10.1. The Morgan fingerprint density at radius 1 is 1.24 bits per heavy atom. The molecule has 1 aromatic carbocycles. The fourth-order valence-electron chi connectivity index (χ4n) is 1.80. The van der Waals surface area contributed by atoms with Crippen LogP contribution in [0.1, 0.15) is 35.2 Å². The van der Waals surface area contributed by atoms with Gasteiger partial charge in [0, 0.05) is 18.7 Å². The first-order chi connectivity index (χ1) is 9.91. The summed E-state index contributed by atoms with van der Waals surface area (Å²) in [6.07, 6.45) is 1.55. The van der Waals surface area contributed by atoms with Gasteiger partial charge in [0.1, 0.15) is 0 Å². The molecule has 0 bridgehead atoms. The van der Waals surface area contributed by atoms with E-state index in [1.54, 1.807) is 19.1 Å². The van der Waals surface area contributed by atoms with E-state index in [2.05, 4.69) is 10.6 Å². The van der Waals surface area contributed by atoms with E-state index in [-0.39, 0.29) is 11.5 Å². The Kier molecular flexibility index (Phi) is 6.19. The maximum absolute atomic E-state index is 11.7. The standard InChI is InChI=1S/C14H19N3O4/c1-9-10(13(19)20)5-4-6-11(9)17-14(21)16-8-3-2-7-12(15)18/h4-6H,2-3,7-8H2,1H3,(H2,15,18)(H,19,20)(H2,16,17,21). The molecule has 0 radical (unpaired) electrons. The van der Waals surface area contributed by atoms with Crippen molar-refractivity contribution in [2.24, 2.45) is 5.73 Å². The molecule has 0 aliphatic carbocycles. The second-order valence-electron chi connectivity index (χ2n) is 4.59. The topological polar surface area (TPSA) is 122 Å². The number of benzene rings is 1. The summed E-state index contributed by atoms with van der Waals surface area (Å²) in [5.74, 6) is -1.40. The van der Waals surface area contributed by atoms with Gasteiger partial charge in [-0.3, -0.25) is 4.79 Å². The van der Waals surface area contributed by atoms with Gasteiger partial charge in [0.15, 0.2) is 0 Å². The first-order valence-electron chi connectivity index (χ1n) is 6.58. The Balaban J connectivity index is 2.46. The zero-order valence-corrected chi connectivity index (χ0v) is 11.8. The number of unbranched alkanes of at least 4 members (excludes halogenated alkanes) is 1. The zero-order valence-electron chi connectivity index (χ0n) is 11.8. The maximum atomic E-state index is 11.7. The number of rotatable bonds is 7. The Morgan fingerprint density at radius 3 is 2.57 bits per heavy atom. The molecule has 21 heavy (non-hydrogen) atoms. The molecule has 1 rings (SSSR count). The molecule has 0 spiro atoms. The van der Waals surface area contributed by atoms with Crippen molar-refractivity contribution in [3.05, 3.63) is 29.3 Å². The highest BCUT2D eigenvalue weighted by molar-refractivity contribution is 5.95. The quantitative estimate of drug-likeness (QED) is 0.569. The number of carboxylic acid groups (broad SMARTS) is 1. The molecular weight excluding hydrogens is 274 g/mol. The molecule has 0 atom stereocenters. The van der Waals surface area contributed by atoms with Crippen molar-refractivity contribution in [1.82, 2.24) is 5.32 Å². The smallest absolute Gasteiger partial charge is 0.336 e. The van der Waals surface area contributed by atoms with Crippen LogP contribution in [0.3, 0.4) is 0 Å². The lowest BCUT2D eigenvalue weighted by Gasteiger charge is -2.11. The van der Waals surface area contributed by atoms with Crippen LogP contribution in [-0.2, 0) is 4.79 Å². The number of amides is 3. The predicted molar refractivity (Wildman–Crippen MR) is 78.2 cm³/mol. The number of carbonyl (C=O) groups is 3. The fraction of sp³-hybridized carbons (Fsp3) is 0.357. The van der Waals surface area contributed by atoms with Gasteiger partial charge in [-0.15, -0.1) is 0 Å². The number of hydrogen-bond acceptors (Lipinski definition) is 3. The molecule has 0 heterocycles. The zero-order chi connectivity index (χ0) is 15.8. The summed E-state index contributed by atoms with van der Waals surface area (Å²) < 4.78 is 0. The third-order valence-corrected chi connectivity index (χ3v) is 2.95. The maximum Gasteiger partial charge on any atom is 0.336 e. The molecule has 7 nitrogen and oxygen atoms in total. The molecule has 1 aromatic rings. The average molecular weight is 293 g/mol. The molecule has 0 aromatic heterocycles. The van der Waals surface area contributed by atoms with E-state index in [1.165, 1.54) is 6.07 Å². The average Bonchev–Trinajstić information content (AvgIpc) is 2.40. The summed E-state index contributed by atoms with van der Waals surface area (Å²) in [7, 11) is 0. The SMILES string of the molecule is Cc1c(NC(=O)NCCCCC(N)=O)cccc1C(=O)O. The normalized spacial score (nSPS) is 9.95. The van der Waals surface area contributed by atoms with Crippen molar-refractivity contribution in [1.29, 1.82) is 0 Å². The van der Waals surface area contributed by atoms with Gasteiger partial charge in [-0.1, -0.05) is 6.07 Å². The number of anilines is 1. The van der Waals surface area contributed by atoms with Gasteiger partial charge < -0.3 is 21.5 Å². The monoisotopic (exact) mass is 293 g/mol. The van der Waals surface area contributed by atoms with E-state index >= 15 is 0 Å². The van der Waals surface area contributed by atoms with Gasteiger partial charge in [0.05, 0.1) is 5.56 Å². The summed E-state index contributed by atoms with van der Waals surface area (Å²) in [5.41, 5.74) is 6.10. The first kappa shape index (κ1) is 16.5. The van der Waals surface area contributed by atoms with E-state index in [4.69, 9.17) is 10.8 Å². The van der Waals surface area contributed by atoms with Crippen LogP contribution in [0.4, 0.5) is 10.5 Å². The number of hydrogen-bond donors (Lipinski definition) is 4. The summed E-state index contributed by atoms with van der Waals surface area (Å²) in [4.78, 5) is 33.2. The van der Waals surface area contributed by atoms with Crippen molar-refractivity contribution < 1.29 is 19.5 Å². The largest absolute Gasteiger partial charge is 0.478 e. The summed E-state index contributed by atoms with van der Waals surface area (Å²) in [5, 5.41) is 14.2. The predicted octanol–water partition coefficient (Wildman–Crippen LogP) is 1.47. The number of aromatic carboxylic acids is 1. The molecular formula is C14H19N3O4. The number of carbonyl (C=O) groups excluding carboxylic acids is 2. The van der Waals surface area contributed by atoms with Gasteiger partial charge in [-0.2, -0.15) is 0 Å². The third kappa shape index (κ3) is 5.52. The third-order valence-electron chi connectivity index (χ3n) is 2.95. The molecule has 0 saturated carbocycles. The van der Waals surface area contributed by atoms with Crippen molar-refractivity contribution >= 4 is 23.6 Å². The highest BCUT2D eigenvalue weighted by Gasteiger charge is 2.11. The lowest BCUT2D eigenvalue weighted by molar-refractivity contribution is -0.118. The minimum absolute atomic E-state index is 0.147. The van der Waals surface area contributed by atoms with Crippen LogP contribution in [0.25, 0.3) is 0 Å². The van der Waals surface area contributed by atoms with Crippen LogP contribution in [-0.4, -0.2) is 29.6 Å². The Bertz CT molecular complexity index is 543. The first-order valence-corrected chi connectivity index (χ1v) is 6.58. The Labute approximate surface area is 122 Å². The second-order valence-corrected chi connectivity index (χ2v) is 4.59. The number of carboxylic acids is 1. The summed E-state index contributed by atoms with van der Waals surface area (Å²) >= 11 is 0. The molecule has 0 aliphatic rings. The minimum Gasteiger partial charge on any atom is -0.478 e. The van der Waals surface area contributed by atoms with Gasteiger partial charge >= 0.3 is 12.0 Å². The van der Waals surface area contributed by atoms with Gasteiger partial charge in [-0.05, 0) is 37.5 Å². The van der Waals surface area contributed by atoms with E-state index < -0.39 is 12.0 Å². The summed E-state index contributed by atoms with van der Waals surface area (Å²) in [6, 6.07) is 4.26. The van der Waals surface area contributed by atoms with Crippen molar-refractivity contribution in [2.45, 2.75) is 26.2 Å². The molecule has 0 fully saturated rings. The van der Waals surface area contributed by atoms with Crippen molar-refractivity contribution in [3.63, 3.8) is 0 Å². The molecule has 0 aliphatic heterocycles. The summed E-state index contributed by atoms with van der Waals surface area (Å²) in [6.45, 7) is 2.04. The molecule has 0 saturated heterocycles. The fourth-order valence-corrected chi connectivity index (χ4v) is 1.80. The van der Waals surface area contributed by atoms with Gasteiger partial charge in [0.2, 0.25) is 5.91 Å². The molecule has 5 N–H and O–H groups in total. The highest BCUT2D eigenvalue weighted by Crippen LogP contribution is 2.18. The van der Waals surface area contributed by atoms with Crippen LogP contribution >= 0.6 is 0 Å². The van der Waals surface area contributed by atoms with Crippen LogP contribution in [0.5, 0.6) is 0 Å². The van der Waals surface area contributed by atoms with E-state index in [0.29, 0.717) is 37.1 Å². The van der Waals surface area contributed by atoms with E-state index in [9.17, 15) is 14.4 Å². The Morgan fingerprint density at radius 2 is 1.95 bits per heavy atom. The highest BCUT2D eigenvalue weighted by atomic mass is 16.4. The second kappa shape index (κ2) is 7.88. The minimum atomic E-state index is -1.04. The number of primary amides is 1. The van der Waals surface area contributed by atoms with Crippen molar-refractivity contribution in [2.75, 3.05) is 11.9 Å². The molecule has 3 amide bonds. The van der Waals surface area contributed by atoms with Crippen LogP contribution in [0.2, 0.25) is 0 Å². The van der Waals surface area contributed by atoms with Crippen LogP contribution in [0, 0.1) is 6.92 Å². The van der Waals surface area contributed by atoms with Gasteiger partial charge in [0.25, 0.3) is 0 Å². The van der Waals surface area contributed by atoms with Crippen molar-refractivity contribution in [3.8, 4) is 0 Å². The van der Waals surface area contributed by atoms with E-state index in [0.717, 1.165) is 0 Å². The molecule has 0 unspecified atom stereocenters. The number of nitrogens with one attached hydrogen (secondary N) is 2. The van der Waals surface area contributed by atoms with Crippen LogP contribution in [0.15, 0.2) is 18.2 Å². The van der Waals surface area contributed by atoms with E-state index in [1.807, 2.05) is 0 Å². The molecule has 114 valence electrons. The van der Waals surface area contributed by atoms with Crippen LogP contribution < -0.4 is 16.4 Å². The Hall–Kier alpha value is -2.57. The molecule has 7 heteroatoms. The van der Waals surface area contributed by atoms with Gasteiger partial charge in [-0.25, -0.2) is 9.59 Å². The lowest BCUT2D eigenvalue weighted by Crippen LogP contribution is -2.30.